The van der Waals surface area contributed by atoms with Gasteiger partial charge in [-0.15, -0.1) is 0 Å². The van der Waals surface area contributed by atoms with Crippen molar-refractivity contribution in [3.63, 3.8) is 0 Å². The number of nitrogens with one attached hydrogen (secondary N) is 2. The van der Waals surface area contributed by atoms with E-state index in [-0.39, 0.29) is 0 Å². The maximum absolute atomic E-state index is 4.55. The molecule has 0 saturated carbocycles. The molecule has 0 spiro atoms. The molecule has 0 aliphatic rings. The number of anilines is 1. The number of nitrogens with zero attached hydrogens (tertiary/aromatic N) is 2. The molecule has 0 saturated heterocycles. The monoisotopic (exact) mass is 224 g/mol. The average Bonchev–Trinajstić information content (AvgIpc) is 2.82. The third kappa shape index (κ3) is 1.73. The molecular formula is C13H12N4. The van der Waals surface area contributed by atoms with Crippen molar-refractivity contribution < 1.29 is 0 Å². The van der Waals surface area contributed by atoms with Crippen molar-refractivity contribution >= 4 is 16.7 Å². The molecule has 0 radical (unpaired) electrons. The van der Waals surface area contributed by atoms with E-state index >= 15 is 0 Å². The van der Waals surface area contributed by atoms with Crippen molar-refractivity contribution in [2.45, 2.75) is 0 Å². The van der Waals surface area contributed by atoms with Gasteiger partial charge in [-0.3, -0.25) is 4.98 Å². The van der Waals surface area contributed by atoms with Crippen LogP contribution >= 0.6 is 0 Å². The predicted molar refractivity (Wildman–Crippen MR) is 68.9 cm³/mol. The Morgan fingerprint density at radius 2 is 1.94 bits per heavy atom. The number of benzene rings is 1. The van der Waals surface area contributed by atoms with Gasteiger partial charge in [0.15, 0.2) is 0 Å². The first-order chi connectivity index (χ1) is 8.36. The fourth-order valence-electron chi connectivity index (χ4n) is 1.81. The van der Waals surface area contributed by atoms with Crippen molar-refractivity contribution in [1.29, 1.82) is 0 Å². The van der Waals surface area contributed by atoms with Gasteiger partial charge in [0.2, 0.25) is 0 Å². The van der Waals surface area contributed by atoms with E-state index in [1.165, 1.54) is 0 Å². The van der Waals surface area contributed by atoms with Gasteiger partial charge in [-0.05, 0) is 30.3 Å². The molecule has 0 amide bonds. The number of H-pyrrole nitrogens is 1. The highest BCUT2D eigenvalue weighted by atomic mass is 14.9. The van der Waals surface area contributed by atoms with Crippen LogP contribution in [0.2, 0.25) is 0 Å². The zero-order chi connectivity index (χ0) is 11.7. The Kier molecular flexibility index (Phi) is 2.26. The van der Waals surface area contributed by atoms with Crippen molar-refractivity contribution in [3.8, 4) is 11.4 Å². The van der Waals surface area contributed by atoms with Crippen molar-refractivity contribution in [1.82, 2.24) is 15.0 Å². The highest BCUT2D eigenvalue weighted by Crippen LogP contribution is 2.21. The molecule has 0 aliphatic carbocycles. The number of aromatic nitrogens is 3. The molecule has 1 aromatic carbocycles. The molecule has 0 bridgehead atoms. The second kappa shape index (κ2) is 3.90. The fourth-order valence-corrected chi connectivity index (χ4v) is 1.81. The lowest BCUT2D eigenvalue weighted by Crippen LogP contribution is -1.86. The van der Waals surface area contributed by atoms with E-state index < -0.39 is 0 Å². The Morgan fingerprint density at radius 1 is 1.12 bits per heavy atom. The molecule has 2 heterocycles. The van der Waals surface area contributed by atoms with E-state index in [4.69, 9.17) is 0 Å². The van der Waals surface area contributed by atoms with Crippen LogP contribution in [-0.4, -0.2) is 22.0 Å². The Balaban J connectivity index is 2.14. The number of imidazole rings is 1. The third-order valence-corrected chi connectivity index (χ3v) is 2.72. The molecule has 0 atom stereocenters. The predicted octanol–water partition coefficient (Wildman–Crippen LogP) is 2.67. The largest absolute Gasteiger partial charge is 0.388 e. The molecule has 0 unspecified atom stereocenters. The van der Waals surface area contributed by atoms with E-state index in [1.54, 1.807) is 12.4 Å². The summed E-state index contributed by atoms with van der Waals surface area (Å²) in [5.41, 5.74) is 4.11. The van der Waals surface area contributed by atoms with Crippen LogP contribution in [0.5, 0.6) is 0 Å². The highest BCUT2D eigenvalue weighted by Gasteiger charge is 2.04. The molecular weight excluding hydrogens is 212 g/mol. The van der Waals surface area contributed by atoms with Crippen molar-refractivity contribution in [2.24, 2.45) is 0 Å². The topological polar surface area (TPSA) is 53.6 Å². The molecule has 3 aromatic rings. The minimum Gasteiger partial charge on any atom is -0.388 e. The summed E-state index contributed by atoms with van der Waals surface area (Å²) in [6.45, 7) is 0. The molecule has 4 heteroatoms. The summed E-state index contributed by atoms with van der Waals surface area (Å²) < 4.78 is 0. The normalized spacial score (nSPS) is 10.6. The summed E-state index contributed by atoms with van der Waals surface area (Å²) >= 11 is 0. The van der Waals surface area contributed by atoms with Gasteiger partial charge in [0, 0.05) is 30.7 Å². The molecule has 0 aliphatic heterocycles. The lowest BCUT2D eigenvalue weighted by molar-refractivity contribution is 1.28. The second-order valence-electron chi connectivity index (χ2n) is 3.80. The maximum atomic E-state index is 4.55. The summed E-state index contributed by atoms with van der Waals surface area (Å²) in [5, 5.41) is 3.11. The number of aromatic amines is 1. The van der Waals surface area contributed by atoms with Crippen LogP contribution in [-0.2, 0) is 0 Å². The number of pyridine rings is 1. The van der Waals surface area contributed by atoms with E-state index in [0.29, 0.717) is 0 Å². The Morgan fingerprint density at radius 3 is 2.71 bits per heavy atom. The van der Waals surface area contributed by atoms with Crippen LogP contribution in [0.25, 0.3) is 22.4 Å². The van der Waals surface area contributed by atoms with Crippen LogP contribution in [0.4, 0.5) is 5.69 Å². The van der Waals surface area contributed by atoms with E-state index in [2.05, 4.69) is 20.3 Å². The van der Waals surface area contributed by atoms with Crippen LogP contribution in [0.3, 0.4) is 0 Å². The SMILES string of the molecule is CNc1ccc2nc(-c3ccncc3)[nH]c2c1. The van der Waals surface area contributed by atoms with Gasteiger partial charge >= 0.3 is 0 Å². The summed E-state index contributed by atoms with van der Waals surface area (Å²) in [7, 11) is 1.90. The highest BCUT2D eigenvalue weighted by molar-refractivity contribution is 5.82. The maximum Gasteiger partial charge on any atom is 0.138 e. The number of rotatable bonds is 2. The molecule has 17 heavy (non-hydrogen) atoms. The van der Waals surface area contributed by atoms with Crippen molar-refractivity contribution in [2.75, 3.05) is 12.4 Å². The van der Waals surface area contributed by atoms with Gasteiger partial charge < -0.3 is 10.3 Å². The summed E-state index contributed by atoms with van der Waals surface area (Å²) in [6, 6.07) is 9.95. The number of hydrogen-bond acceptors (Lipinski definition) is 3. The van der Waals surface area contributed by atoms with Crippen molar-refractivity contribution in [3.05, 3.63) is 42.7 Å². The zero-order valence-electron chi connectivity index (χ0n) is 9.44. The molecule has 2 N–H and O–H groups in total. The first-order valence-electron chi connectivity index (χ1n) is 5.45. The van der Waals surface area contributed by atoms with E-state index in [1.807, 2.05) is 37.4 Å². The minimum absolute atomic E-state index is 0.871. The van der Waals surface area contributed by atoms with Gasteiger partial charge in [-0.25, -0.2) is 4.98 Å². The lowest BCUT2D eigenvalue weighted by Gasteiger charge is -1.97. The zero-order valence-corrected chi connectivity index (χ0v) is 9.44. The first-order valence-corrected chi connectivity index (χ1v) is 5.45. The third-order valence-electron chi connectivity index (χ3n) is 2.72. The van der Waals surface area contributed by atoms with Crippen LogP contribution < -0.4 is 5.32 Å². The van der Waals surface area contributed by atoms with Gasteiger partial charge in [0.05, 0.1) is 11.0 Å². The van der Waals surface area contributed by atoms with Gasteiger partial charge in [-0.2, -0.15) is 0 Å². The first kappa shape index (κ1) is 9.84. The van der Waals surface area contributed by atoms with E-state index in [0.717, 1.165) is 28.1 Å². The van der Waals surface area contributed by atoms with Gasteiger partial charge in [-0.1, -0.05) is 0 Å². The van der Waals surface area contributed by atoms with Gasteiger partial charge in [0.1, 0.15) is 5.82 Å². The molecule has 2 aromatic heterocycles. The Labute approximate surface area is 98.7 Å². The fraction of sp³-hybridized carbons (Fsp3) is 0.0769. The summed E-state index contributed by atoms with van der Waals surface area (Å²) in [6.07, 6.45) is 3.53. The summed E-state index contributed by atoms with van der Waals surface area (Å²) in [5.74, 6) is 0.871. The van der Waals surface area contributed by atoms with Crippen LogP contribution in [0.15, 0.2) is 42.7 Å². The van der Waals surface area contributed by atoms with Gasteiger partial charge in [0.25, 0.3) is 0 Å². The second-order valence-corrected chi connectivity index (χ2v) is 3.80. The minimum atomic E-state index is 0.871. The standard InChI is InChI=1S/C13H12N4/c1-14-10-2-3-11-12(8-10)17-13(16-11)9-4-6-15-7-5-9/h2-8,14H,1H3,(H,16,17). The quantitative estimate of drug-likeness (QED) is 0.703. The molecule has 0 fully saturated rings. The smallest absolute Gasteiger partial charge is 0.138 e. The Bertz CT molecular complexity index is 643. The van der Waals surface area contributed by atoms with Crippen LogP contribution in [0.1, 0.15) is 0 Å². The number of hydrogen-bond donors (Lipinski definition) is 2. The molecule has 84 valence electrons. The summed E-state index contributed by atoms with van der Waals surface area (Å²) in [4.78, 5) is 11.9. The Hall–Kier alpha value is -2.36. The average molecular weight is 224 g/mol. The van der Waals surface area contributed by atoms with E-state index in [9.17, 15) is 0 Å². The van der Waals surface area contributed by atoms with Crippen LogP contribution in [0, 0.1) is 0 Å². The number of fused-ring (bicyclic) bond motifs is 1. The lowest BCUT2D eigenvalue weighted by atomic mass is 10.2. The molecule has 4 nitrogen and oxygen atoms in total. The molecule has 3 rings (SSSR count).